The van der Waals surface area contributed by atoms with Crippen molar-refractivity contribution in [2.75, 3.05) is 0 Å². The Labute approximate surface area is 109 Å². The normalized spacial score (nSPS) is 12.6. The second-order valence-corrected chi connectivity index (χ2v) is 5.04. The van der Waals surface area contributed by atoms with E-state index in [-0.39, 0.29) is 6.04 Å². The number of halogens is 1. The SMILES string of the molecule is CC(N)Cc1nccn1Cc1ccc(Br)cn1. The predicted molar refractivity (Wildman–Crippen MR) is 70.6 cm³/mol. The van der Waals surface area contributed by atoms with Gasteiger partial charge in [-0.15, -0.1) is 0 Å². The van der Waals surface area contributed by atoms with Gasteiger partial charge < -0.3 is 10.3 Å². The highest BCUT2D eigenvalue weighted by Gasteiger charge is 2.06. The quantitative estimate of drug-likeness (QED) is 0.938. The summed E-state index contributed by atoms with van der Waals surface area (Å²) in [6.45, 7) is 2.71. The summed E-state index contributed by atoms with van der Waals surface area (Å²) in [6, 6.07) is 4.11. The van der Waals surface area contributed by atoms with Crippen molar-refractivity contribution in [1.29, 1.82) is 0 Å². The lowest BCUT2D eigenvalue weighted by atomic mass is 10.2. The Morgan fingerprint density at radius 1 is 1.41 bits per heavy atom. The third-order valence-corrected chi connectivity index (χ3v) is 2.90. The van der Waals surface area contributed by atoms with Gasteiger partial charge in [-0.2, -0.15) is 0 Å². The van der Waals surface area contributed by atoms with Crippen molar-refractivity contribution < 1.29 is 0 Å². The molecule has 1 atom stereocenters. The molecule has 5 heteroatoms. The van der Waals surface area contributed by atoms with E-state index < -0.39 is 0 Å². The Balaban J connectivity index is 2.13. The zero-order valence-corrected chi connectivity index (χ0v) is 11.3. The van der Waals surface area contributed by atoms with Crippen LogP contribution in [0.2, 0.25) is 0 Å². The summed E-state index contributed by atoms with van der Waals surface area (Å²) in [5, 5.41) is 0. The van der Waals surface area contributed by atoms with E-state index in [9.17, 15) is 0 Å². The van der Waals surface area contributed by atoms with Crippen LogP contribution >= 0.6 is 15.9 Å². The summed E-state index contributed by atoms with van der Waals surface area (Å²) in [5.41, 5.74) is 6.80. The van der Waals surface area contributed by atoms with Crippen LogP contribution in [0.3, 0.4) is 0 Å². The first kappa shape index (κ1) is 12.3. The van der Waals surface area contributed by atoms with Gasteiger partial charge in [-0.1, -0.05) is 0 Å². The van der Waals surface area contributed by atoms with Crippen molar-refractivity contribution in [2.24, 2.45) is 5.73 Å². The Hall–Kier alpha value is -1.20. The van der Waals surface area contributed by atoms with E-state index in [4.69, 9.17) is 5.73 Å². The van der Waals surface area contributed by atoms with Gasteiger partial charge in [0.1, 0.15) is 5.82 Å². The number of nitrogens with two attached hydrogens (primary N) is 1. The summed E-state index contributed by atoms with van der Waals surface area (Å²) in [5.74, 6) is 1.00. The number of aromatic nitrogens is 3. The Kier molecular flexibility index (Phi) is 3.91. The monoisotopic (exact) mass is 294 g/mol. The highest BCUT2D eigenvalue weighted by atomic mass is 79.9. The molecule has 0 bridgehead atoms. The van der Waals surface area contributed by atoms with Crippen LogP contribution in [-0.2, 0) is 13.0 Å². The molecule has 90 valence electrons. The van der Waals surface area contributed by atoms with E-state index in [1.165, 1.54) is 0 Å². The molecule has 0 radical (unpaired) electrons. The molecule has 0 aliphatic carbocycles. The Bertz CT molecular complexity index is 476. The molecule has 17 heavy (non-hydrogen) atoms. The molecule has 0 aliphatic heterocycles. The topological polar surface area (TPSA) is 56.7 Å². The van der Waals surface area contributed by atoms with Gasteiger partial charge in [-0.25, -0.2) is 4.98 Å². The maximum absolute atomic E-state index is 5.79. The zero-order chi connectivity index (χ0) is 12.3. The molecule has 0 aliphatic rings. The fourth-order valence-electron chi connectivity index (χ4n) is 1.64. The van der Waals surface area contributed by atoms with Gasteiger partial charge in [-0.3, -0.25) is 4.98 Å². The van der Waals surface area contributed by atoms with Crippen LogP contribution < -0.4 is 5.73 Å². The number of rotatable bonds is 4. The fourth-order valence-corrected chi connectivity index (χ4v) is 1.87. The molecule has 2 rings (SSSR count). The summed E-state index contributed by atoms with van der Waals surface area (Å²) in [7, 11) is 0. The van der Waals surface area contributed by atoms with Crippen molar-refractivity contribution in [2.45, 2.75) is 25.9 Å². The number of hydrogen-bond donors (Lipinski definition) is 1. The number of imidazole rings is 1. The van der Waals surface area contributed by atoms with Crippen LogP contribution in [0.4, 0.5) is 0 Å². The molecule has 0 amide bonds. The third-order valence-electron chi connectivity index (χ3n) is 2.43. The lowest BCUT2D eigenvalue weighted by Crippen LogP contribution is -2.20. The van der Waals surface area contributed by atoms with Gasteiger partial charge in [0, 0.05) is 35.5 Å². The van der Waals surface area contributed by atoms with E-state index in [0.717, 1.165) is 29.0 Å². The highest BCUT2D eigenvalue weighted by Crippen LogP contribution is 2.10. The van der Waals surface area contributed by atoms with Gasteiger partial charge >= 0.3 is 0 Å². The molecule has 0 saturated carbocycles. The lowest BCUT2D eigenvalue weighted by Gasteiger charge is -2.09. The average molecular weight is 295 g/mol. The van der Waals surface area contributed by atoms with Crippen LogP contribution in [0.15, 0.2) is 35.2 Å². The Morgan fingerprint density at radius 2 is 2.24 bits per heavy atom. The van der Waals surface area contributed by atoms with Crippen molar-refractivity contribution in [3.8, 4) is 0 Å². The van der Waals surface area contributed by atoms with E-state index in [1.807, 2.05) is 25.3 Å². The van der Waals surface area contributed by atoms with Gasteiger partial charge in [0.15, 0.2) is 0 Å². The number of hydrogen-bond acceptors (Lipinski definition) is 3. The molecule has 0 aromatic carbocycles. The Morgan fingerprint density at radius 3 is 2.88 bits per heavy atom. The summed E-state index contributed by atoms with van der Waals surface area (Å²) < 4.78 is 3.07. The average Bonchev–Trinajstić information content (AvgIpc) is 2.68. The molecular formula is C12H15BrN4. The number of nitrogens with zero attached hydrogens (tertiary/aromatic N) is 3. The molecule has 0 saturated heterocycles. The molecule has 0 spiro atoms. The standard InChI is InChI=1S/C12H15BrN4/c1-9(14)6-12-15-4-5-17(12)8-11-3-2-10(13)7-16-11/h2-5,7,9H,6,8,14H2,1H3. The maximum Gasteiger partial charge on any atom is 0.110 e. The molecule has 4 nitrogen and oxygen atoms in total. The van der Waals surface area contributed by atoms with E-state index in [2.05, 4.69) is 30.5 Å². The van der Waals surface area contributed by atoms with Gasteiger partial charge in [0.25, 0.3) is 0 Å². The molecule has 2 N–H and O–H groups in total. The van der Waals surface area contributed by atoms with E-state index in [1.54, 1.807) is 12.4 Å². The first-order valence-corrected chi connectivity index (χ1v) is 6.30. The largest absolute Gasteiger partial charge is 0.329 e. The minimum absolute atomic E-state index is 0.119. The zero-order valence-electron chi connectivity index (χ0n) is 9.68. The second-order valence-electron chi connectivity index (χ2n) is 4.12. The van der Waals surface area contributed by atoms with Crippen molar-refractivity contribution in [1.82, 2.24) is 14.5 Å². The maximum atomic E-state index is 5.79. The van der Waals surface area contributed by atoms with Crippen molar-refractivity contribution in [3.05, 3.63) is 46.7 Å². The highest BCUT2D eigenvalue weighted by molar-refractivity contribution is 9.10. The summed E-state index contributed by atoms with van der Waals surface area (Å²) >= 11 is 3.37. The first-order chi connectivity index (χ1) is 8.15. The van der Waals surface area contributed by atoms with Crippen LogP contribution in [-0.4, -0.2) is 20.6 Å². The van der Waals surface area contributed by atoms with E-state index >= 15 is 0 Å². The minimum Gasteiger partial charge on any atom is -0.329 e. The van der Waals surface area contributed by atoms with E-state index in [0.29, 0.717) is 0 Å². The second kappa shape index (κ2) is 5.42. The van der Waals surface area contributed by atoms with Crippen molar-refractivity contribution >= 4 is 15.9 Å². The van der Waals surface area contributed by atoms with Crippen LogP contribution in [0.1, 0.15) is 18.4 Å². The minimum atomic E-state index is 0.119. The van der Waals surface area contributed by atoms with Crippen LogP contribution in [0, 0.1) is 0 Å². The smallest absolute Gasteiger partial charge is 0.110 e. The fraction of sp³-hybridized carbons (Fsp3) is 0.333. The molecule has 2 aromatic rings. The molecule has 1 unspecified atom stereocenters. The van der Waals surface area contributed by atoms with Gasteiger partial charge in [0.05, 0.1) is 12.2 Å². The van der Waals surface area contributed by atoms with Crippen LogP contribution in [0.25, 0.3) is 0 Å². The molecule has 2 heterocycles. The lowest BCUT2D eigenvalue weighted by molar-refractivity contribution is 0.643. The number of pyridine rings is 1. The predicted octanol–water partition coefficient (Wildman–Crippen LogP) is 1.98. The molecule has 2 aromatic heterocycles. The van der Waals surface area contributed by atoms with Crippen molar-refractivity contribution in [3.63, 3.8) is 0 Å². The molecule has 0 fully saturated rings. The first-order valence-electron chi connectivity index (χ1n) is 5.51. The van der Waals surface area contributed by atoms with Crippen LogP contribution in [0.5, 0.6) is 0 Å². The summed E-state index contributed by atoms with van der Waals surface area (Å²) in [4.78, 5) is 8.66. The van der Waals surface area contributed by atoms with Gasteiger partial charge in [-0.05, 0) is 35.0 Å². The molecular weight excluding hydrogens is 280 g/mol. The third kappa shape index (κ3) is 3.38. The van der Waals surface area contributed by atoms with Gasteiger partial charge in [0.2, 0.25) is 0 Å². The summed E-state index contributed by atoms with van der Waals surface area (Å²) in [6.07, 6.45) is 6.35.